The Morgan fingerprint density at radius 3 is 2.10 bits per heavy atom. The van der Waals surface area contributed by atoms with Crippen LogP contribution in [0.25, 0.3) is 0 Å². The van der Waals surface area contributed by atoms with Crippen LogP contribution in [0.15, 0.2) is 73.1 Å². The molecule has 3 aromatic rings. The number of piperidine rings is 1. The second kappa shape index (κ2) is 14.5. The number of hydrogen-bond donors (Lipinski definition) is 5. The number of carboxylic acid groups (broad SMARTS) is 3. The molecule has 11 nitrogen and oxygen atoms in total. The molecule has 1 aliphatic rings. The zero-order chi connectivity index (χ0) is 30.8. The van der Waals surface area contributed by atoms with Gasteiger partial charge in [0.1, 0.15) is 12.4 Å². The van der Waals surface area contributed by atoms with Gasteiger partial charge < -0.3 is 30.3 Å². The van der Waals surface area contributed by atoms with Gasteiger partial charge in [-0.15, -0.1) is 0 Å². The van der Waals surface area contributed by atoms with Crippen LogP contribution < -0.4 is 4.74 Å². The lowest BCUT2D eigenvalue weighted by atomic mass is 9.84. The van der Waals surface area contributed by atoms with Gasteiger partial charge >= 0.3 is 17.9 Å². The molecule has 0 amide bonds. The molecule has 42 heavy (non-hydrogen) atoms. The van der Waals surface area contributed by atoms with E-state index in [0.717, 1.165) is 49.4 Å². The Morgan fingerprint density at radius 1 is 0.929 bits per heavy atom. The summed E-state index contributed by atoms with van der Waals surface area (Å²) in [6, 6.07) is 20.4. The van der Waals surface area contributed by atoms with E-state index in [1.807, 2.05) is 30.5 Å². The summed E-state index contributed by atoms with van der Waals surface area (Å²) >= 11 is 0. The minimum atomic E-state index is -2.74. The lowest BCUT2D eigenvalue weighted by Gasteiger charge is -2.38. The smallest absolute Gasteiger partial charge is 0.336 e. The van der Waals surface area contributed by atoms with Gasteiger partial charge in [-0.3, -0.25) is 19.5 Å². The Balaban J connectivity index is 0.000000316. The third-order valence-electron chi connectivity index (χ3n) is 7.04. The molecule has 5 N–H and O–H groups in total. The molecule has 0 spiro atoms. The van der Waals surface area contributed by atoms with Crippen molar-refractivity contribution in [2.75, 3.05) is 13.1 Å². The fourth-order valence-electron chi connectivity index (χ4n) is 4.61. The quantitative estimate of drug-likeness (QED) is 0.225. The summed E-state index contributed by atoms with van der Waals surface area (Å²) in [5.74, 6) is -4.11. The minimum absolute atomic E-state index is 0.512. The van der Waals surface area contributed by atoms with Crippen LogP contribution in [0.4, 0.5) is 0 Å². The highest BCUT2D eigenvalue weighted by molar-refractivity contribution is 5.88. The monoisotopic (exact) mass is 580 g/mol. The fraction of sp³-hybridized carbons (Fsp3) is 0.355. The number of benzene rings is 2. The molecule has 2 heterocycles. The van der Waals surface area contributed by atoms with Gasteiger partial charge in [0.15, 0.2) is 5.60 Å². The van der Waals surface area contributed by atoms with E-state index < -0.39 is 42.0 Å². The molecule has 0 radical (unpaired) electrons. The topological polar surface area (TPSA) is 178 Å². The predicted octanol–water partition coefficient (Wildman–Crippen LogP) is 3.20. The minimum Gasteiger partial charge on any atom is -0.489 e. The first-order valence-corrected chi connectivity index (χ1v) is 13.4. The second-order valence-corrected chi connectivity index (χ2v) is 10.4. The SMILES string of the molecule is Cc1ccc(C2(O)CCN(Cc3ccccc3OCc3cccnc3)CC2)cc1.O=C(O)CC(O)(CC(=O)O)C(=O)O. The Kier molecular flexibility index (Phi) is 11.1. The van der Waals surface area contributed by atoms with Gasteiger partial charge in [-0.25, -0.2) is 4.79 Å². The molecule has 2 aromatic carbocycles. The number of aryl methyl sites for hydroxylation is 1. The Bertz CT molecular complexity index is 1320. The van der Waals surface area contributed by atoms with Gasteiger partial charge in [0.2, 0.25) is 0 Å². The van der Waals surface area contributed by atoms with Crippen LogP contribution in [0, 0.1) is 6.92 Å². The maximum atomic E-state index is 11.1. The molecule has 4 rings (SSSR count). The molecule has 0 atom stereocenters. The predicted molar refractivity (Wildman–Crippen MR) is 152 cm³/mol. The maximum Gasteiger partial charge on any atom is 0.336 e. The van der Waals surface area contributed by atoms with E-state index in [0.29, 0.717) is 6.61 Å². The number of rotatable bonds is 11. The van der Waals surface area contributed by atoms with E-state index in [2.05, 4.69) is 53.2 Å². The molecule has 0 saturated carbocycles. The number of carbonyl (C=O) groups is 3. The first-order valence-electron chi connectivity index (χ1n) is 13.4. The van der Waals surface area contributed by atoms with Crippen molar-refractivity contribution in [1.29, 1.82) is 0 Å². The first-order chi connectivity index (χ1) is 19.9. The summed E-state index contributed by atoms with van der Waals surface area (Å²) in [5, 5.41) is 44.9. The normalized spacial score (nSPS) is 14.7. The molecular weight excluding hydrogens is 544 g/mol. The van der Waals surface area contributed by atoms with Crippen LogP contribution in [0.3, 0.4) is 0 Å². The third kappa shape index (κ3) is 9.37. The number of pyridine rings is 1. The Hall–Kier alpha value is -4.32. The van der Waals surface area contributed by atoms with Crippen LogP contribution in [-0.2, 0) is 33.1 Å². The van der Waals surface area contributed by atoms with Crippen LogP contribution in [0.5, 0.6) is 5.75 Å². The Labute approximate surface area is 243 Å². The largest absolute Gasteiger partial charge is 0.489 e. The molecular formula is C31H36N2O9. The van der Waals surface area contributed by atoms with Crippen LogP contribution in [0.1, 0.15) is 47.9 Å². The number of likely N-dealkylation sites (tertiary alicyclic amines) is 1. The molecule has 0 unspecified atom stereocenters. The highest BCUT2D eigenvalue weighted by Crippen LogP contribution is 2.34. The number of hydrogen-bond acceptors (Lipinski definition) is 8. The van der Waals surface area contributed by atoms with Crippen molar-refractivity contribution in [3.63, 3.8) is 0 Å². The summed E-state index contributed by atoms with van der Waals surface area (Å²) in [4.78, 5) is 37.0. The number of ether oxygens (including phenoxy) is 1. The molecule has 11 heteroatoms. The zero-order valence-electron chi connectivity index (χ0n) is 23.3. The summed E-state index contributed by atoms with van der Waals surface area (Å²) < 4.78 is 6.07. The molecule has 1 aromatic heterocycles. The highest BCUT2D eigenvalue weighted by Gasteiger charge is 2.40. The van der Waals surface area contributed by atoms with Crippen molar-refractivity contribution >= 4 is 17.9 Å². The number of aromatic nitrogens is 1. The van der Waals surface area contributed by atoms with Crippen molar-refractivity contribution in [2.24, 2.45) is 0 Å². The molecule has 224 valence electrons. The van der Waals surface area contributed by atoms with Crippen molar-refractivity contribution in [3.05, 3.63) is 95.3 Å². The molecule has 1 saturated heterocycles. The van der Waals surface area contributed by atoms with Gasteiger partial charge in [0.25, 0.3) is 0 Å². The highest BCUT2D eigenvalue weighted by atomic mass is 16.5. The average molecular weight is 581 g/mol. The van der Waals surface area contributed by atoms with Gasteiger partial charge in [-0.2, -0.15) is 0 Å². The van der Waals surface area contributed by atoms with E-state index in [-0.39, 0.29) is 0 Å². The maximum absolute atomic E-state index is 11.1. The van der Waals surface area contributed by atoms with Crippen molar-refractivity contribution in [2.45, 2.75) is 57.0 Å². The van der Waals surface area contributed by atoms with Gasteiger partial charge in [-0.1, -0.05) is 54.1 Å². The lowest BCUT2D eigenvalue weighted by molar-refractivity contribution is -0.170. The van der Waals surface area contributed by atoms with Gasteiger partial charge in [0.05, 0.1) is 18.4 Å². The standard InChI is InChI=1S/C25H28N2O2.C6H8O7/c1-20-8-10-23(11-9-20)25(28)12-15-27(16-13-25)18-22-6-2-3-7-24(22)29-19-21-5-4-14-26-17-21;7-3(8)1-6(13,5(11)12)2-4(9)10/h2-11,14,17,28H,12-13,15-16,18-19H2,1H3;13H,1-2H2,(H,7,8)(H,9,10)(H,11,12). The third-order valence-corrected chi connectivity index (χ3v) is 7.04. The number of aliphatic carboxylic acids is 3. The molecule has 0 aliphatic carbocycles. The van der Waals surface area contributed by atoms with E-state index in [9.17, 15) is 19.5 Å². The summed E-state index contributed by atoms with van der Waals surface area (Å²) in [6.45, 7) is 5.14. The second-order valence-electron chi connectivity index (χ2n) is 10.4. The fourth-order valence-corrected chi connectivity index (χ4v) is 4.61. The van der Waals surface area contributed by atoms with Crippen LogP contribution >= 0.6 is 0 Å². The average Bonchev–Trinajstić information content (AvgIpc) is 2.94. The lowest BCUT2D eigenvalue weighted by Crippen LogP contribution is -2.42. The summed E-state index contributed by atoms with van der Waals surface area (Å²) in [5.41, 5.74) is 1.03. The number of aliphatic hydroxyl groups is 2. The number of nitrogens with zero attached hydrogens (tertiary/aromatic N) is 2. The van der Waals surface area contributed by atoms with Crippen molar-refractivity contribution in [1.82, 2.24) is 9.88 Å². The number of para-hydroxylation sites is 1. The first kappa shape index (κ1) is 32.2. The van der Waals surface area contributed by atoms with E-state index in [1.54, 1.807) is 6.20 Å². The van der Waals surface area contributed by atoms with E-state index >= 15 is 0 Å². The van der Waals surface area contributed by atoms with E-state index in [1.165, 1.54) is 11.1 Å². The van der Waals surface area contributed by atoms with E-state index in [4.69, 9.17) is 25.2 Å². The summed E-state index contributed by atoms with van der Waals surface area (Å²) in [6.07, 6.45) is 2.80. The van der Waals surface area contributed by atoms with Gasteiger partial charge in [-0.05, 0) is 37.5 Å². The van der Waals surface area contributed by atoms with Crippen LogP contribution in [-0.4, -0.2) is 72.0 Å². The Morgan fingerprint density at radius 2 is 1.55 bits per heavy atom. The zero-order valence-corrected chi connectivity index (χ0v) is 23.3. The summed E-state index contributed by atoms with van der Waals surface area (Å²) in [7, 11) is 0. The van der Waals surface area contributed by atoms with Crippen molar-refractivity contribution < 1.29 is 44.7 Å². The number of carboxylic acids is 3. The van der Waals surface area contributed by atoms with Crippen LogP contribution in [0.2, 0.25) is 0 Å². The molecule has 0 bridgehead atoms. The van der Waals surface area contributed by atoms with Gasteiger partial charge in [0, 0.05) is 43.2 Å². The molecule has 1 fully saturated rings. The van der Waals surface area contributed by atoms with Crippen molar-refractivity contribution in [3.8, 4) is 5.75 Å². The molecule has 1 aliphatic heterocycles.